The van der Waals surface area contributed by atoms with Crippen LogP contribution < -0.4 is 15.2 Å². The summed E-state index contributed by atoms with van der Waals surface area (Å²) < 4.78 is 32.4. The zero-order valence-electron chi connectivity index (χ0n) is 11.6. The topological polar surface area (TPSA) is 81.4 Å². The molecule has 0 radical (unpaired) electrons. The summed E-state index contributed by atoms with van der Waals surface area (Å²) in [6, 6.07) is 9.37. The number of methoxy groups -OCH3 is 1. The lowest BCUT2D eigenvalue weighted by Gasteiger charge is -2.13. The van der Waals surface area contributed by atoms with E-state index in [1.807, 2.05) is 13.0 Å². The van der Waals surface area contributed by atoms with Crippen LogP contribution in [0, 0.1) is 6.92 Å². The van der Waals surface area contributed by atoms with Gasteiger partial charge in [-0.3, -0.25) is 4.72 Å². The number of sulfonamides is 1. The molecule has 0 amide bonds. The summed E-state index contributed by atoms with van der Waals surface area (Å²) in [5.41, 5.74) is 7.12. The molecular formula is C14H15ClN2O3S. The van der Waals surface area contributed by atoms with Gasteiger partial charge in [0.05, 0.1) is 28.4 Å². The van der Waals surface area contributed by atoms with E-state index in [4.69, 9.17) is 22.1 Å². The van der Waals surface area contributed by atoms with Crippen molar-refractivity contribution >= 4 is 33.0 Å². The van der Waals surface area contributed by atoms with Gasteiger partial charge in [0.1, 0.15) is 5.75 Å². The molecule has 0 bridgehead atoms. The SMILES string of the molecule is COc1ccc(C)cc1NS(=O)(=O)c1ccc(Cl)c(N)c1. The minimum absolute atomic E-state index is 0.0351. The fourth-order valence-electron chi connectivity index (χ4n) is 1.79. The molecule has 0 spiro atoms. The van der Waals surface area contributed by atoms with Crippen molar-refractivity contribution in [3.8, 4) is 5.75 Å². The first kappa shape index (κ1) is 15.5. The Balaban J connectivity index is 2.41. The molecule has 0 atom stereocenters. The molecule has 0 aliphatic rings. The van der Waals surface area contributed by atoms with Crippen molar-refractivity contribution in [2.24, 2.45) is 0 Å². The highest BCUT2D eigenvalue weighted by atomic mass is 35.5. The lowest BCUT2D eigenvalue weighted by Crippen LogP contribution is -2.14. The lowest BCUT2D eigenvalue weighted by molar-refractivity contribution is 0.417. The van der Waals surface area contributed by atoms with Crippen LogP contribution in [0.4, 0.5) is 11.4 Å². The maximum absolute atomic E-state index is 12.4. The van der Waals surface area contributed by atoms with Crippen LogP contribution in [0.25, 0.3) is 0 Å². The largest absolute Gasteiger partial charge is 0.495 e. The van der Waals surface area contributed by atoms with Crippen molar-refractivity contribution in [2.45, 2.75) is 11.8 Å². The van der Waals surface area contributed by atoms with Gasteiger partial charge in [0.15, 0.2) is 0 Å². The number of rotatable bonds is 4. The fraction of sp³-hybridized carbons (Fsp3) is 0.143. The molecule has 0 aliphatic heterocycles. The summed E-state index contributed by atoms with van der Waals surface area (Å²) in [7, 11) is -2.30. The van der Waals surface area contributed by atoms with E-state index in [2.05, 4.69) is 4.72 Å². The number of hydrogen-bond donors (Lipinski definition) is 2. The lowest BCUT2D eigenvalue weighted by atomic mass is 10.2. The van der Waals surface area contributed by atoms with Crippen LogP contribution >= 0.6 is 11.6 Å². The van der Waals surface area contributed by atoms with Crippen molar-refractivity contribution in [3.63, 3.8) is 0 Å². The number of nitrogen functional groups attached to an aromatic ring is 1. The Morgan fingerprint density at radius 1 is 1.19 bits per heavy atom. The Morgan fingerprint density at radius 3 is 2.52 bits per heavy atom. The molecule has 2 aromatic rings. The summed E-state index contributed by atoms with van der Waals surface area (Å²) in [5.74, 6) is 0.436. The minimum atomic E-state index is -3.77. The van der Waals surface area contributed by atoms with Gasteiger partial charge in [-0.2, -0.15) is 0 Å². The van der Waals surface area contributed by atoms with Gasteiger partial charge in [-0.05, 0) is 42.8 Å². The molecule has 5 nitrogen and oxygen atoms in total. The van der Waals surface area contributed by atoms with Crippen molar-refractivity contribution in [1.82, 2.24) is 0 Å². The molecule has 21 heavy (non-hydrogen) atoms. The van der Waals surface area contributed by atoms with E-state index in [1.165, 1.54) is 25.3 Å². The highest BCUT2D eigenvalue weighted by Gasteiger charge is 2.17. The quantitative estimate of drug-likeness (QED) is 0.846. The molecular weight excluding hydrogens is 312 g/mol. The van der Waals surface area contributed by atoms with Crippen LogP contribution in [0.1, 0.15) is 5.56 Å². The van der Waals surface area contributed by atoms with E-state index in [0.29, 0.717) is 16.5 Å². The minimum Gasteiger partial charge on any atom is -0.495 e. The Labute approximate surface area is 128 Å². The number of nitrogens with one attached hydrogen (secondary N) is 1. The highest BCUT2D eigenvalue weighted by Crippen LogP contribution is 2.29. The molecule has 2 aromatic carbocycles. The van der Waals surface area contributed by atoms with Crippen LogP contribution in [0.15, 0.2) is 41.3 Å². The summed E-state index contributed by atoms with van der Waals surface area (Å²) >= 11 is 5.80. The number of ether oxygens (including phenoxy) is 1. The van der Waals surface area contributed by atoms with Crippen LogP contribution in [-0.2, 0) is 10.0 Å². The number of nitrogens with two attached hydrogens (primary N) is 1. The van der Waals surface area contributed by atoms with E-state index < -0.39 is 10.0 Å². The molecule has 0 saturated heterocycles. The van der Waals surface area contributed by atoms with Crippen molar-refractivity contribution < 1.29 is 13.2 Å². The van der Waals surface area contributed by atoms with Crippen molar-refractivity contribution in [2.75, 3.05) is 17.6 Å². The number of hydrogen-bond acceptors (Lipinski definition) is 4. The Bertz CT molecular complexity index is 776. The number of benzene rings is 2. The molecule has 0 aliphatic carbocycles. The number of aryl methyl sites for hydroxylation is 1. The predicted octanol–water partition coefficient (Wildman–Crippen LogP) is 3.04. The molecule has 0 aromatic heterocycles. The van der Waals surface area contributed by atoms with Crippen LogP contribution in [0.5, 0.6) is 5.75 Å². The van der Waals surface area contributed by atoms with Crippen molar-refractivity contribution in [1.29, 1.82) is 0 Å². The Kier molecular flexibility index (Phi) is 4.29. The number of halogens is 1. The van der Waals surface area contributed by atoms with E-state index in [9.17, 15) is 8.42 Å². The van der Waals surface area contributed by atoms with E-state index >= 15 is 0 Å². The summed E-state index contributed by atoms with van der Waals surface area (Å²) in [5, 5.41) is 0.307. The Hall–Kier alpha value is -1.92. The Morgan fingerprint density at radius 2 is 1.90 bits per heavy atom. The second-order valence-corrected chi connectivity index (χ2v) is 6.58. The van der Waals surface area contributed by atoms with E-state index in [1.54, 1.807) is 12.1 Å². The summed E-state index contributed by atoms with van der Waals surface area (Å²) in [6.45, 7) is 1.86. The van der Waals surface area contributed by atoms with Gasteiger partial charge in [0.2, 0.25) is 0 Å². The second kappa shape index (κ2) is 5.83. The molecule has 7 heteroatoms. The molecule has 0 heterocycles. The van der Waals surface area contributed by atoms with Crippen LogP contribution in [-0.4, -0.2) is 15.5 Å². The van der Waals surface area contributed by atoms with Gasteiger partial charge < -0.3 is 10.5 Å². The number of anilines is 2. The first-order valence-corrected chi connectivity index (χ1v) is 7.92. The standard InChI is InChI=1S/C14H15ClN2O3S/c1-9-3-6-14(20-2)13(7-9)17-21(18,19)10-4-5-11(15)12(16)8-10/h3-8,17H,16H2,1-2H3. The molecule has 3 N–H and O–H groups in total. The molecule has 0 fully saturated rings. The first-order chi connectivity index (χ1) is 9.83. The third-order valence-corrected chi connectivity index (χ3v) is 4.58. The van der Waals surface area contributed by atoms with Crippen molar-refractivity contribution in [3.05, 3.63) is 47.0 Å². The van der Waals surface area contributed by atoms with Crippen LogP contribution in [0.2, 0.25) is 5.02 Å². The van der Waals surface area contributed by atoms with Crippen LogP contribution in [0.3, 0.4) is 0 Å². The zero-order valence-corrected chi connectivity index (χ0v) is 13.1. The average molecular weight is 327 g/mol. The van der Waals surface area contributed by atoms with Gasteiger partial charge in [0.25, 0.3) is 10.0 Å². The second-order valence-electron chi connectivity index (χ2n) is 4.49. The van der Waals surface area contributed by atoms with Gasteiger partial charge in [-0.1, -0.05) is 17.7 Å². The molecule has 2 rings (SSSR count). The van der Waals surface area contributed by atoms with Gasteiger partial charge in [-0.25, -0.2) is 8.42 Å². The van der Waals surface area contributed by atoms with Gasteiger partial charge >= 0.3 is 0 Å². The third-order valence-electron chi connectivity index (χ3n) is 2.88. The molecule has 0 unspecified atom stereocenters. The maximum Gasteiger partial charge on any atom is 0.262 e. The van der Waals surface area contributed by atoms with E-state index in [0.717, 1.165) is 5.56 Å². The normalized spacial score (nSPS) is 11.2. The molecule has 0 saturated carbocycles. The van der Waals surface area contributed by atoms with Gasteiger partial charge in [0, 0.05) is 0 Å². The summed E-state index contributed by atoms with van der Waals surface area (Å²) in [4.78, 5) is 0.0351. The summed E-state index contributed by atoms with van der Waals surface area (Å²) in [6.07, 6.45) is 0. The smallest absolute Gasteiger partial charge is 0.262 e. The maximum atomic E-state index is 12.4. The first-order valence-electron chi connectivity index (χ1n) is 6.06. The third kappa shape index (κ3) is 3.40. The zero-order chi connectivity index (χ0) is 15.6. The van der Waals surface area contributed by atoms with Gasteiger partial charge in [-0.15, -0.1) is 0 Å². The van der Waals surface area contributed by atoms with E-state index in [-0.39, 0.29) is 10.6 Å². The monoisotopic (exact) mass is 326 g/mol. The molecule has 112 valence electrons. The highest BCUT2D eigenvalue weighted by molar-refractivity contribution is 7.92. The average Bonchev–Trinajstić information content (AvgIpc) is 2.41. The predicted molar refractivity (Wildman–Crippen MR) is 84.4 cm³/mol. The fourth-order valence-corrected chi connectivity index (χ4v) is 3.01.